The van der Waals surface area contributed by atoms with Crippen LogP contribution in [0.2, 0.25) is 0 Å². The van der Waals surface area contributed by atoms with Crippen LogP contribution in [0.3, 0.4) is 0 Å². The highest BCUT2D eigenvalue weighted by molar-refractivity contribution is 5.88. The first-order valence-corrected chi connectivity index (χ1v) is 5.37. The van der Waals surface area contributed by atoms with E-state index in [0.29, 0.717) is 11.4 Å². The van der Waals surface area contributed by atoms with Crippen molar-refractivity contribution in [3.05, 3.63) is 47.4 Å². The molecule has 2 heterocycles. The van der Waals surface area contributed by atoms with Crippen molar-refractivity contribution in [2.45, 2.75) is 13.8 Å². The zero-order chi connectivity index (χ0) is 13.1. The van der Waals surface area contributed by atoms with E-state index in [-0.39, 0.29) is 11.4 Å². The summed E-state index contributed by atoms with van der Waals surface area (Å²) >= 11 is 0. The highest BCUT2D eigenvalue weighted by Crippen LogP contribution is 2.20. The van der Waals surface area contributed by atoms with Crippen molar-refractivity contribution >= 4 is 5.97 Å². The van der Waals surface area contributed by atoms with Gasteiger partial charge in [0, 0.05) is 17.5 Å². The summed E-state index contributed by atoms with van der Waals surface area (Å²) in [7, 11) is 0. The second-order valence-corrected chi connectivity index (χ2v) is 3.88. The van der Waals surface area contributed by atoms with Gasteiger partial charge in [-0.05, 0) is 32.0 Å². The van der Waals surface area contributed by atoms with Crippen LogP contribution in [-0.2, 0) is 0 Å². The predicted molar refractivity (Wildman–Crippen MR) is 65.0 cm³/mol. The topological polar surface area (TPSA) is 72.3 Å². The van der Waals surface area contributed by atoms with Gasteiger partial charge in [0.1, 0.15) is 5.75 Å². The summed E-state index contributed by atoms with van der Waals surface area (Å²) in [6, 6.07) is 6.44. The lowest BCUT2D eigenvalue weighted by Gasteiger charge is -2.06. The summed E-state index contributed by atoms with van der Waals surface area (Å²) in [4.78, 5) is 19.1. The number of carboxylic acids is 1. The van der Waals surface area contributed by atoms with E-state index in [2.05, 4.69) is 9.97 Å². The third-order valence-corrected chi connectivity index (χ3v) is 2.28. The Morgan fingerprint density at radius 1 is 1.22 bits per heavy atom. The van der Waals surface area contributed by atoms with E-state index >= 15 is 0 Å². The molecule has 1 N–H and O–H groups in total. The van der Waals surface area contributed by atoms with Gasteiger partial charge in [-0.2, -0.15) is 0 Å². The van der Waals surface area contributed by atoms with E-state index in [1.165, 1.54) is 12.1 Å². The maximum absolute atomic E-state index is 10.9. The minimum Gasteiger partial charge on any atom is -0.478 e. The molecule has 0 aliphatic rings. The minimum absolute atomic E-state index is 0.151. The van der Waals surface area contributed by atoms with E-state index in [1.807, 2.05) is 13.0 Å². The van der Waals surface area contributed by atoms with Crippen molar-refractivity contribution in [2.24, 2.45) is 0 Å². The molecular formula is C13H12N2O3. The number of aryl methyl sites for hydroxylation is 2. The Kier molecular flexibility index (Phi) is 3.23. The first-order chi connectivity index (χ1) is 8.54. The number of aromatic carboxylic acids is 1. The van der Waals surface area contributed by atoms with Crippen LogP contribution in [0.4, 0.5) is 0 Å². The third kappa shape index (κ3) is 2.82. The number of nitrogens with zero attached hydrogens (tertiary/aromatic N) is 2. The summed E-state index contributed by atoms with van der Waals surface area (Å²) < 4.78 is 5.47. The molecule has 0 fully saturated rings. The van der Waals surface area contributed by atoms with Gasteiger partial charge in [0.05, 0.1) is 11.8 Å². The molecule has 0 unspecified atom stereocenters. The van der Waals surface area contributed by atoms with Gasteiger partial charge in [-0.1, -0.05) is 0 Å². The lowest BCUT2D eigenvalue weighted by Crippen LogP contribution is -2.00. The van der Waals surface area contributed by atoms with Gasteiger partial charge >= 0.3 is 5.97 Å². The highest BCUT2D eigenvalue weighted by Gasteiger charge is 2.08. The van der Waals surface area contributed by atoms with E-state index in [9.17, 15) is 4.79 Å². The van der Waals surface area contributed by atoms with Crippen LogP contribution in [0, 0.1) is 13.8 Å². The Balaban J connectivity index is 2.28. The minimum atomic E-state index is -1.01. The molecule has 0 radical (unpaired) electrons. The normalized spacial score (nSPS) is 10.1. The molecule has 0 saturated carbocycles. The first kappa shape index (κ1) is 12.0. The zero-order valence-electron chi connectivity index (χ0n) is 10.0. The fraction of sp³-hybridized carbons (Fsp3) is 0.154. The monoisotopic (exact) mass is 244 g/mol. The number of carboxylic acid groups (broad SMARTS) is 1. The summed E-state index contributed by atoms with van der Waals surface area (Å²) in [6.07, 6.45) is 1.57. The Bertz CT molecular complexity index is 579. The van der Waals surface area contributed by atoms with E-state index in [0.717, 1.165) is 5.69 Å². The number of hydrogen-bond acceptors (Lipinski definition) is 4. The summed E-state index contributed by atoms with van der Waals surface area (Å²) in [5.41, 5.74) is 1.62. The molecule has 5 nitrogen and oxygen atoms in total. The number of aromatic nitrogens is 2. The van der Waals surface area contributed by atoms with Crippen molar-refractivity contribution in [3.8, 4) is 11.6 Å². The van der Waals surface area contributed by atoms with Crippen LogP contribution in [0.1, 0.15) is 21.7 Å². The standard InChI is InChI=1S/C13H12N2O3/c1-8-3-4-11(7-14-8)18-12-6-10(13(16)17)5-9(2)15-12/h3-7H,1-2H3,(H,16,17). The van der Waals surface area contributed by atoms with Crippen LogP contribution in [0.5, 0.6) is 11.6 Å². The molecule has 0 bridgehead atoms. The van der Waals surface area contributed by atoms with Gasteiger partial charge in [-0.3, -0.25) is 4.98 Å². The van der Waals surface area contributed by atoms with Gasteiger partial charge in [0.15, 0.2) is 0 Å². The van der Waals surface area contributed by atoms with Gasteiger partial charge in [-0.25, -0.2) is 9.78 Å². The second-order valence-electron chi connectivity index (χ2n) is 3.88. The number of ether oxygens (including phenoxy) is 1. The Morgan fingerprint density at radius 3 is 2.61 bits per heavy atom. The number of rotatable bonds is 3. The number of carbonyl (C=O) groups is 1. The quantitative estimate of drug-likeness (QED) is 0.898. The Labute approximate surface area is 104 Å². The predicted octanol–water partition coefficient (Wildman–Crippen LogP) is 2.58. The summed E-state index contributed by atoms with van der Waals surface area (Å²) in [5.74, 6) is -0.236. The fourth-order valence-electron chi connectivity index (χ4n) is 1.45. The second kappa shape index (κ2) is 4.83. The summed E-state index contributed by atoms with van der Waals surface area (Å²) in [5, 5.41) is 8.94. The van der Waals surface area contributed by atoms with E-state index in [1.54, 1.807) is 19.2 Å². The molecule has 18 heavy (non-hydrogen) atoms. The van der Waals surface area contributed by atoms with Gasteiger partial charge in [-0.15, -0.1) is 0 Å². The molecule has 0 aliphatic heterocycles. The fourth-order valence-corrected chi connectivity index (χ4v) is 1.45. The first-order valence-electron chi connectivity index (χ1n) is 5.37. The highest BCUT2D eigenvalue weighted by atomic mass is 16.5. The maximum atomic E-state index is 10.9. The van der Waals surface area contributed by atoms with Crippen molar-refractivity contribution in [1.29, 1.82) is 0 Å². The molecule has 0 saturated heterocycles. The zero-order valence-corrected chi connectivity index (χ0v) is 10.0. The Morgan fingerprint density at radius 2 is 2.00 bits per heavy atom. The van der Waals surface area contributed by atoms with Crippen LogP contribution in [0.15, 0.2) is 30.5 Å². The lowest BCUT2D eigenvalue weighted by atomic mass is 10.2. The molecule has 0 spiro atoms. The molecule has 2 aromatic heterocycles. The molecule has 0 aromatic carbocycles. The van der Waals surface area contributed by atoms with Crippen molar-refractivity contribution < 1.29 is 14.6 Å². The third-order valence-electron chi connectivity index (χ3n) is 2.28. The Hall–Kier alpha value is -2.43. The van der Waals surface area contributed by atoms with Crippen LogP contribution >= 0.6 is 0 Å². The molecule has 92 valence electrons. The molecule has 2 aromatic rings. The van der Waals surface area contributed by atoms with Crippen LogP contribution < -0.4 is 4.74 Å². The number of hydrogen-bond donors (Lipinski definition) is 1. The van der Waals surface area contributed by atoms with Crippen molar-refractivity contribution in [3.63, 3.8) is 0 Å². The lowest BCUT2D eigenvalue weighted by molar-refractivity contribution is 0.0696. The summed E-state index contributed by atoms with van der Waals surface area (Å²) in [6.45, 7) is 3.59. The average molecular weight is 244 g/mol. The molecule has 5 heteroatoms. The maximum Gasteiger partial charge on any atom is 0.335 e. The molecule has 0 amide bonds. The molecular weight excluding hydrogens is 232 g/mol. The largest absolute Gasteiger partial charge is 0.478 e. The van der Waals surface area contributed by atoms with Crippen molar-refractivity contribution in [2.75, 3.05) is 0 Å². The van der Waals surface area contributed by atoms with Crippen LogP contribution in [-0.4, -0.2) is 21.0 Å². The SMILES string of the molecule is Cc1ccc(Oc2cc(C(=O)O)cc(C)n2)cn1. The van der Waals surface area contributed by atoms with Gasteiger partial charge < -0.3 is 9.84 Å². The molecule has 0 aliphatic carbocycles. The van der Waals surface area contributed by atoms with Gasteiger partial charge in [0.25, 0.3) is 0 Å². The van der Waals surface area contributed by atoms with Crippen LogP contribution in [0.25, 0.3) is 0 Å². The molecule has 0 atom stereocenters. The molecule has 2 rings (SSSR count). The van der Waals surface area contributed by atoms with Crippen molar-refractivity contribution in [1.82, 2.24) is 9.97 Å². The van der Waals surface area contributed by atoms with E-state index < -0.39 is 5.97 Å². The average Bonchev–Trinajstić information content (AvgIpc) is 2.31. The van der Waals surface area contributed by atoms with Gasteiger partial charge in [0.2, 0.25) is 5.88 Å². The van der Waals surface area contributed by atoms with E-state index in [4.69, 9.17) is 9.84 Å². The smallest absolute Gasteiger partial charge is 0.335 e. The number of pyridine rings is 2.